The van der Waals surface area contributed by atoms with Gasteiger partial charge in [0.1, 0.15) is 5.82 Å². The highest BCUT2D eigenvalue weighted by atomic mass is 16.1. The fraction of sp³-hybridized carbons (Fsp3) is 0.381. The lowest BCUT2D eigenvalue weighted by atomic mass is 9.95. The van der Waals surface area contributed by atoms with E-state index in [9.17, 15) is 4.79 Å². The highest BCUT2D eigenvalue weighted by Crippen LogP contribution is 2.22. The molecule has 1 N–H and O–H groups in total. The SMILES string of the molecule is Cc1nc(CNC(=O)Cc2cn(C)c3ccccc23)nc2c1CCCC2. The summed E-state index contributed by atoms with van der Waals surface area (Å²) in [4.78, 5) is 21.7. The molecule has 1 aliphatic rings. The fourth-order valence-corrected chi connectivity index (χ4v) is 3.90. The largest absolute Gasteiger partial charge is 0.350 e. The molecule has 1 aliphatic carbocycles. The second-order valence-corrected chi connectivity index (χ2v) is 7.09. The van der Waals surface area contributed by atoms with Crippen LogP contribution in [0.15, 0.2) is 30.5 Å². The lowest BCUT2D eigenvalue weighted by Gasteiger charge is -2.17. The first-order valence-electron chi connectivity index (χ1n) is 9.26. The number of benzene rings is 1. The van der Waals surface area contributed by atoms with Crippen LogP contribution >= 0.6 is 0 Å². The summed E-state index contributed by atoms with van der Waals surface area (Å²) in [6.07, 6.45) is 6.91. The Morgan fingerprint density at radius 3 is 2.88 bits per heavy atom. The van der Waals surface area contributed by atoms with Crippen molar-refractivity contribution in [3.05, 3.63) is 58.8 Å². The fourth-order valence-electron chi connectivity index (χ4n) is 3.90. The number of rotatable bonds is 4. The molecule has 26 heavy (non-hydrogen) atoms. The standard InChI is InChI=1S/C21H24N4O/c1-14-16-7-3-5-9-18(16)24-20(23-14)12-22-21(26)11-15-13-25(2)19-10-6-4-8-17(15)19/h4,6,8,10,13H,3,5,7,9,11-12H2,1-2H3,(H,22,26). The molecule has 5 heteroatoms. The van der Waals surface area contributed by atoms with E-state index in [0.717, 1.165) is 40.8 Å². The number of amides is 1. The first-order valence-corrected chi connectivity index (χ1v) is 9.26. The van der Waals surface area contributed by atoms with E-state index in [1.165, 1.54) is 24.1 Å². The lowest BCUT2D eigenvalue weighted by molar-refractivity contribution is -0.120. The maximum absolute atomic E-state index is 12.4. The average molecular weight is 348 g/mol. The molecule has 0 fully saturated rings. The number of para-hydroxylation sites is 1. The number of carbonyl (C=O) groups is 1. The van der Waals surface area contributed by atoms with Crippen LogP contribution in [0.5, 0.6) is 0 Å². The Morgan fingerprint density at radius 1 is 1.19 bits per heavy atom. The number of carbonyl (C=O) groups excluding carboxylic acids is 1. The van der Waals surface area contributed by atoms with Gasteiger partial charge in [0.2, 0.25) is 5.91 Å². The molecule has 0 radical (unpaired) electrons. The van der Waals surface area contributed by atoms with Crippen molar-refractivity contribution in [1.82, 2.24) is 19.9 Å². The number of aromatic nitrogens is 3. The lowest BCUT2D eigenvalue weighted by Crippen LogP contribution is -2.26. The minimum Gasteiger partial charge on any atom is -0.350 e. The first kappa shape index (κ1) is 16.8. The van der Waals surface area contributed by atoms with Crippen molar-refractivity contribution in [3.8, 4) is 0 Å². The van der Waals surface area contributed by atoms with Gasteiger partial charge < -0.3 is 9.88 Å². The summed E-state index contributed by atoms with van der Waals surface area (Å²) < 4.78 is 2.06. The average Bonchev–Trinajstić information content (AvgIpc) is 2.96. The van der Waals surface area contributed by atoms with Crippen molar-refractivity contribution in [2.45, 2.75) is 45.6 Å². The normalized spacial score (nSPS) is 13.6. The Bertz CT molecular complexity index is 974. The van der Waals surface area contributed by atoms with E-state index < -0.39 is 0 Å². The van der Waals surface area contributed by atoms with Gasteiger partial charge in [-0.3, -0.25) is 4.79 Å². The van der Waals surface area contributed by atoms with Crippen molar-refractivity contribution in [1.29, 1.82) is 0 Å². The molecule has 0 atom stereocenters. The number of nitrogens with zero attached hydrogens (tertiary/aromatic N) is 3. The second kappa shape index (κ2) is 6.90. The van der Waals surface area contributed by atoms with Crippen molar-refractivity contribution in [2.75, 3.05) is 0 Å². The smallest absolute Gasteiger partial charge is 0.224 e. The van der Waals surface area contributed by atoms with Crippen molar-refractivity contribution < 1.29 is 4.79 Å². The topological polar surface area (TPSA) is 59.8 Å². The van der Waals surface area contributed by atoms with Gasteiger partial charge in [0.15, 0.2) is 0 Å². The molecule has 0 aliphatic heterocycles. The summed E-state index contributed by atoms with van der Waals surface area (Å²) in [5, 5.41) is 4.11. The molecule has 1 aromatic carbocycles. The minimum atomic E-state index is 0.000303. The summed E-state index contributed by atoms with van der Waals surface area (Å²) in [5.74, 6) is 0.717. The van der Waals surface area contributed by atoms with Crippen LogP contribution in [0.1, 0.15) is 41.2 Å². The van der Waals surface area contributed by atoms with E-state index in [4.69, 9.17) is 0 Å². The molecule has 5 nitrogen and oxygen atoms in total. The van der Waals surface area contributed by atoms with Crippen LogP contribution in [0.25, 0.3) is 10.9 Å². The zero-order valence-electron chi connectivity index (χ0n) is 15.4. The molecule has 2 aromatic heterocycles. The van der Waals surface area contributed by atoms with Gasteiger partial charge in [-0.25, -0.2) is 9.97 Å². The van der Waals surface area contributed by atoms with Crippen LogP contribution in [0, 0.1) is 6.92 Å². The molecule has 3 aromatic rings. The van der Waals surface area contributed by atoms with Crippen LogP contribution in [-0.2, 0) is 37.6 Å². The van der Waals surface area contributed by atoms with E-state index in [1.807, 2.05) is 32.3 Å². The van der Waals surface area contributed by atoms with Gasteiger partial charge in [-0.2, -0.15) is 0 Å². The Hall–Kier alpha value is -2.69. The monoisotopic (exact) mass is 348 g/mol. The molecule has 1 amide bonds. The number of fused-ring (bicyclic) bond motifs is 2. The second-order valence-electron chi connectivity index (χ2n) is 7.09. The van der Waals surface area contributed by atoms with Crippen molar-refractivity contribution >= 4 is 16.8 Å². The third-order valence-corrected chi connectivity index (χ3v) is 5.21. The highest BCUT2D eigenvalue weighted by molar-refractivity contribution is 5.89. The van der Waals surface area contributed by atoms with Gasteiger partial charge in [0.25, 0.3) is 0 Å². The molecule has 134 valence electrons. The zero-order chi connectivity index (χ0) is 18.1. The third-order valence-electron chi connectivity index (χ3n) is 5.21. The maximum Gasteiger partial charge on any atom is 0.224 e. The van der Waals surface area contributed by atoms with Gasteiger partial charge in [-0.1, -0.05) is 18.2 Å². The molecule has 0 spiro atoms. The number of nitrogens with one attached hydrogen (secondary N) is 1. The number of aryl methyl sites for hydroxylation is 3. The third kappa shape index (κ3) is 3.21. The quantitative estimate of drug-likeness (QED) is 0.788. The van der Waals surface area contributed by atoms with E-state index in [0.29, 0.717) is 13.0 Å². The Balaban J connectivity index is 1.45. The molecule has 0 bridgehead atoms. The van der Waals surface area contributed by atoms with Gasteiger partial charge in [0.05, 0.1) is 13.0 Å². The number of hydrogen-bond donors (Lipinski definition) is 1. The van der Waals surface area contributed by atoms with Crippen LogP contribution in [-0.4, -0.2) is 20.4 Å². The predicted octanol–water partition coefficient (Wildman–Crippen LogP) is 3.01. The zero-order valence-corrected chi connectivity index (χ0v) is 15.4. The molecule has 2 heterocycles. The summed E-state index contributed by atoms with van der Waals surface area (Å²) >= 11 is 0. The van der Waals surface area contributed by atoms with E-state index in [1.54, 1.807) is 0 Å². The van der Waals surface area contributed by atoms with E-state index in [2.05, 4.69) is 32.0 Å². The van der Waals surface area contributed by atoms with Gasteiger partial charge >= 0.3 is 0 Å². The first-order chi connectivity index (χ1) is 12.6. The molecule has 4 rings (SSSR count). The van der Waals surface area contributed by atoms with Gasteiger partial charge in [-0.05, 0) is 49.8 Å². The van der Waals surface area contributed by atoms with Crippen LogP contribution in [0.4, 0.5) is 0 Å². The minimum absolute atomic E-state index is 0.000303. The molecular weight excluding hydrogens is 324 g/mol. The van der Waals surface area contributed by atoms with Crippen LogP contribution in [0.3, 0.4) is 0 Å². The van der Waals surface area contributed by atoms with Gasteiger partial charge in [-0.15, -0.1) is 0 Å². The summed E-state index contributed by atoms with van der Waals surface area (Å²) in [6, 6.07) is 8.16. The van der Waals surface area contributed by atoms with Crippen LogP contribution < -0.4 is 5.32 Å². The molecular formula is C21H24N4O. The highest BCUT2D eigenvalue weighted by Gasteiger charge is 2.16. The van der Waals surface area contributed by atoms with E-state index >= 15 is 0 Å². The maximum atomic E-state index is 12.4. The molecule has 0 saturated carbocycles. The van der Waals surface area contributed by atoms with Gasteiger partial charge in [0, 0.05) is 35.5 Å². The summed E-state index contributed by atoms with van der Waals surface area (Å²) in [6.45, 7) is 2.44. The summed E-state index contributed by atoms with van der Waals surface area (Å²) in [5.41, 5.74) is 5.73. The van der Waals surface area contributed by atoms with Crippen LogP contribution in [0.2, 0.25) is 0 Å². The van der Waals surface area contributed by atoms with E-state index in [-0.39, 0.29) is 5.91 Å². The Labute approximate surface area is 153 Å². The number of hydrogen-bond acceptors (Lipinski definition) is 3. The molecule has 0 saturated heterocycles. The Kier molecular flexibility index (Phi) is 4.45. The van der Waals surface area contributed by atoms with Crippen molar-refractivity contribution in [3.63, 3.8) is 0 Å². The van der Waals surface area contributed by atoms with Crippen molar-refractivity contribution in [2.24, 2.45) is 7.05 Å². The predicted molar refractivity (Wildman–Crippen MR) is 102 cm³/mol. The summed E-state index contributed by atoms with van der Waals surface area (Å²) in [7, 11) is 2.01. The molecule has 0 unspecified atom stereocenters. The Morgan fingerprint density at radius 2 is 2.00 bits per heavy atom.